The second kappa shape index (κ2) is 11.0. The molecule has 0 atom stereocenters. The predicted molar refractivity (Wildman–Crippen MR) is 103 cm³/mol. The van der Waals surface area contributed by atoms with Gasteiger partial charge < -0.3 is 10.2 Å². The van der Waals surface area contributed by atoms with Crippen molar-refractivity contribution >= 4 is 11.9 Å². The van der Waals surface area contributed by atoms with Gasteiger partial charge in [-0.15, -0.1) is 0 Å². The monoisotopic (exact) mass is 387 g/mol. The molecule has 0 aromatic heterocycles. The summed E-state index contributed by atoms with van der Waals surface area (Å²) in [5.41, 5.74) is 3.26. The lowest BCUT2D eigenvalue weighted by Gasteiger charge is -2.26. The first-order valence-corrected chi connectivity index (χ1v) is 8.88. The van der Waals surface area contributed by atoms with E-state index in [0.29, 0.717) is 25.2 Å². The number of carboxylic acids is 1. The Labute approximate surface area is 163 Å². The van der Waals surface area contributed by atoms with Crippen molar-refractivity contribution in [3.8, 4) is 5.75 Å². The number of hydroxylamine groups is 1. The minimum atomic E-state index is -0.974. The average molecular weight is 387 g/mol. The molecule has 0 spiro atoms. The van der Waals surface area contributed by atoms with Crippen LogP contribution in [0.5, 0.6) is 5.75 Å². The predicted octanol–water partition coefficient (Wildman–Crippen LogP) is 1.29. The summed E-state index contributed by atoms with van der Waals surface area (Å²) in [4.78, 5) is 26.4. The van der Waals surface area contributed by atoms with Crippen LogP contribution in [0.4, 0.5) is 0 Å². The third-order valence-electron chi connectivity index (χ3n) is 4.22. The third kappa shape index (κ3) is 7.36. The quantitative estimate of drug-likeness (QED) is 0.339. The Bertz CT molecular complexity index is 769. The average Bonchev–Trinajstić information content (AvgIpc) is 2.68. The zero-order valence-corrected chi connectivity index (χ0v) is 15.5. The van der Waals surface area contributed by atoms with Gasteiger partial charge in [-0.2, -0.15) is 0 Å². The number of hydrogen-bond donors (Lipinski definition) is 4. The molecule has 1 amide bonds. The standard InChI is InChI=1S/C20H25N3O5/c24-18-9-5-4-8-17(18)13-23(15-20(26)27)11-10-22(14-19(25)21-28)12-16-6-2-1-3-7-16/h1-9,24,28H,10-15H2,(H,21,25)(H,26,27). The number of aromatic hydroxyl groups is 1. The van der Waals surface area contributed by atoms with Crippen molar-refractivity contribution in [3.05, 3.63) is 65.7 Å². The molecule has 0 unspecified atom stereocenters. The fraction of sp³-hybridized carbons (Fsp3) is 0.300. The Balaban J connectivity index is 2.05. The van der Waals surface area contributed by atoms with Crippen LogP contribution in [-0.2, 0) is 22.7 Å². The zero-order valence-electron chi connectivity index (χ0n) is 15.5. The van der Waals surface area contributed by atoms with Gasteiger partial charge in [-0.05, 0) is 11.6 Å². The highest BCUT2D eigenvalue weighted by Crippen LogP contribution is 2.17. The van der Waals surface area contributed by atoms with Crippen molar-refractivity contribution in [3.63, 3.8) is 0 Å². The van der Waals surface area contributed by atoms with Crippen LogP contribution < -0.4 is 5.48 Å². The molecule has 0 heterocycles. The zero-order chi connectivity index (χ0) is 20.4. The summed E-state index contributed by atoms with van der Waals surface area (Å²) in [5.74, 6) is -1.40. The first kappa shape index (κ1) is 21.4. The van der Waals surface area contributed by atoms with Gasteiger partial charge in [0.05, 0.1) is 13.1 Å². The van der Waals surface area contributed by atoms with E-state index in [1.165, 1.54) is 0 Å². The molecule has 0 bridgehead atoms. The van der Waals surface area contributed by atoms with E-state index < -0.39 is 11.9 Å². The van der Waals surface area contributed by atoms with Crippen LogP contribution in [0, 0.1) is 0 Å². The van der Waals surface area contributed by atoms with Crippen molar-refractivity contribution < 1.29 is 25.0 Å². The number of carbonyl (C=O) groups is 2. The molecule has 0 aliphatic rings. The fourth-order valence-corrected chi connectivity index (χ4v) is 2.87. The maximum atomic E-state index is 11.6. The van der Waals surface area contributed by atoms with E-state index in [2.05, 4.69) is 0 Å². The maximum Gasteiger partial charge on any atom is 0.317 e. The van der Waals surface area contributed by atoms with E-state index in [9.17, 15) is 19.8 Å². The van der Waals surface area contributed by atoms with Gasteiger partial charge in [0.15, 0.2) is 0 Å². The first-order chi connectivity index (χ1) is 13.5. The number of hydrogen-bond acceptors (Lipinski definition) is 6. The topological polar surface area (TPSA) is 113 Å². The number of aliphatic carboxylic acids is 1. The number of phenols is 1. The second-order valence-corrected chi connectivity index (χ2v) is 6.46. The molecule has 0 aliphatic heterocycles. The van der Waals surface area contributed by atoms with Gasteiger partial charge in [-0.3, -0.25) is 24.6 Å². The van der Waals surface area contributed by atoms with Crippen LogP contribution in [0.1, 0.15) is 11.1 Å². The lowest BCUT2D eigenvalue weighted by molar-refractivity contribution is -0.138. The summed E-state index contributed by atoms with van der Waals surface area (Å²) in [6.45, 7) is 1.30. The SMILES string of the molecule is O=C(O)CN(CCN(CC(=O)NO)Cc1ccccc1)Cc1ccccc1O. The van der Waals surface area contributed by atoms with Gasteiger partial charge >= 0.3 is 5.97 Å². The van der Waals surface area contributed by atoms with Crippen molar-refractivity contribution in [1.29, 1.82) is 0 Å². The van der Waals surface area contributed by atoms with E-state index in [-0.39, 0.29) is 25.4 Å². The number of nitrogens with zero attached hydrogens (tertiary/aromatic N) is 2. The molecule has 0 aliphatic carbocycles. The van der Waals surface area contributed by atoms with Crippen LogP contribution in [0.25, 0.3) is 0 Å². The van der Waals surface area contributed by atoms with Gasteiger partial charge in [0.2, 0.25) is 0 Å². The van der Waals surface area contributed by atoms with E-state index >= 15 is 0 Å². The number of nitrogens with one attached hydrogen (secondary N) is 1. The fourth-order valence-electron chi connectivity index (χ4n) is 2.87. The first-order valence-electron chi connectivity index (χ1n) is 8.88. The molecule has 2 rings (SSSR count). The van der Waals surface area contributed by atoms with Crippen LogP contribution in [0.3, 0.4) is 0 Å². The molecule has 4 N–H and O–H groups in total. The number of amides is 1. The summed E-state index contributed by atoms with van der Waals surface area (Å²) in [6.07, 6.45) is 0. The summed E-state index contributed by atoms with van der Waals surface area (Å²) < 4.78 is 0. The molecular formula is C20H25N3O5. The van der Waals surface area contributed by atoms with Crippen molar-refractivity contribution in [2.75, 3.05) is 26.2 Å². The highest BCUT2D eigenvalue weighted by molar-refractivity contribution is 5.76. The van der Waals surface area contributed by atoms with Crippen LogP contribution in [0.15, 0.2) is 54.6 Å². The molecule has 28 heavy (non-hydrogen) atoms. The molecule has 0 saturated heterocycles. The van der Waals surface area contributed by atoms with Crippen LogP contribution in [-0.4, -0.2) is 63.3 Å². The van der Waals surface area contributed by atoms with Gasteiger partial charge in [-0.25, -0.2) is 5.48 Å². The summed E-state index contributed by atoms with van der Waals surface area (Å²) in [5, 5.41) is 28.0. The molecule has 8 nitrogen and oxygen atoms in total. The smallest absolute Gasteiger partial charge is 0.317 e. The minimum Gasteiger partial charge on any atom is -0.508 e. The Hall–Kier alpha value is -2.94. The Morgan fingerprint density at radius 2 is 1.46 bits per heavy atom. The number of phenolic OH excluding ortho intramolecular Hbond substituents is 1. The Morgan fingerprint density at radius 1 is 0.857 bits per heavy atom. The number of para-hydroxylation sites is 1. The molecule has 0 saturated carbocycles. The molecule has 0 fully saturated rings. The second-order valence-electron chi connectivity index (χ2n) is 6.46. The minimum absolute atomic E-state index is 0.0249. The summed E-state index contributed by atoms with van der Waals surface area (Å²) in [7, 11) is 0. The lowest BCUT2D eigenvalue weighted by Crippen LogP contribution is -2.41. The van der Waals surface area contributed by atoms with E-state index in [1.54, 1.807) is 34.6 Å². The normalized spacial score (nSPS) is 11.0. The number of benzene rings is 2. The molecule has 150 valence electrons. The number of rotatable bonds is 11. The van der Waals surface area contributed by atoms with E-state index in [0.717, 1.165) is 5.56 Å². The van der Waals surface area contributed by atoms with Gasteiger partial charge in [0.25, 0.3) is 5.91 Å². The molecule has 8 heteroatoms. The van der Waals surface area contributed by atoms with Crippen LogP contribution >= 0.6 is 0 Å². The number of carbonyl (C=O) groups excluding carboxylic acids is 1. The van der Waals surface area contributed by atoms with Crippen molar-refractivity contribution in [2.45, 2.75) is 13.1 Å². The van der Waals surface area contributed by atoms with Crippen molar-refractivity contribution in [1.82, 2.24) is 15.3 Å². The molecule has 0 radical (unpaired) electrons. The van der Waals surface area contributed by atoms with Crippen LogP contribution in [0.2, 0.25) is 0 Å². The Morgan fingerprint density at radius 3 is 2.07 bits per heavy atom. The van der Waals surface area contributed by atoms with E-state index in [1.807, 2.05) is 35.2 Å². The lowest BCUT2D eigenvalue weighted by atomic mass is 10.2. The van der Waals surface area contributed by atoms with Crippen molar-refractivity contribution in [2.24, 2.45) is 0 Å². The molecular weight excluding hydrogens is 362 g/mol. The highest BCUT2D eigenvalue weighted by Gasteiger charge is 2.16. The third-order valence-corrected chi connectivity index (χ3v) is 4.22. The molecule has 2 aromatic rings. The number of carboxylic acid groups (broad SMARTS) is 1. The highest BCUT2D eigenvalue weighted by atomic mass is 16.5. The van der Waals surface area contributed by atoms with Gasteiger partial charge in [0, 0.05) is 31.7 Å². The van der Waals surface area contributed by atoms with E-state index in [4.69, 9.17) is 5.21 Å². The summed E-state index contributed by atoms with van der Waals surface area (Å²) in [6, 6.07) is 16.3. The van der Waals surface area contributed by atoms with Gasteiger partial charge in [-0.1, -0.05) is 48.5 Å². The summed E-state index contributed by atoms with van der Waals surface area (Å²) >= 11 is 0. The molecule has 2 aromatic carbocycles. The maximum absolute atomic E-state index is 11.6. The van der Waals surface area contributed by atoms with Gasteiger partial charge in [0.1, 0.15) is 5.75 Å². The Kier molecular flexibility index (Phi) is 8.41. The largest absolute Gasteiger partial charge is 0.508 e.